The van der Waals surface area contributed by atoms with Gasteiger partial charge in [0.05, 0.1) is 5.57 Å². The van der Waals surface area contributed by atoms with E-state index >= 15 is 0 Å². The number of primary amides is 1. The van der Waals surface area contributed by atoms with Gasteiger partial charge in [0.2, 0.25) is 5.91 Å². The topological polar surface area (TPSA) is 91.0 Å². The summed E-state index contributed by atoms with van der Waals surface area (Å²) in [6, 6.07) is 6.29. The summed E-state index contributed by atoms with van der Waals surface area (Å²) < 4.78 is 13.5. The second-order valence-corrected chi connectivity index (χ2v) is 6.54. The van der Waals surface area contributed by atoms with Crippen LogP contribution in [0, 0.1) is 5.82 Å². The molecule has 1 aromatic carbocycles. The van der Waals surface area contributed by atoms with Crippen molar-refractivity contribution in [1.29, 1.82) is 0 Å². The Balaban J connectivity index is 1.74. The van der Waals surface area contributed by atoms with Crippen molar-refractivity contribution in [2.24, 2.45) is 10.7 Å². The molecule has 8 heteroatoms. The number of nitrogens with two attached hydrogens (primary N) is 1. The number of nitrogens with one attached hydrogen (secondary N) is 1. The summed E-state index contributed by atoms with van der Waals surface area (Å²) in [4.78, 5) is 32.0. The third-order valence-electron chi connectivity index (χ3n) is 4.65. The number of hydrogen-bond acceptors (Lipinski definition) is 5. The predicted molar refractivity (Wildman–Crippen MR) is 96.8 cm³/mol. The number of carbonyl (C=O) groups is 2. The number of benzene rings is 1. The van der Waals surface area contributed by atoms with Gasteiger partial charge in [-0.05, 0) is 38.0 Å². The zero-order valence-corrected chi connectivity index (χ0v) is 14.8. The molecular formula is C18H22FN5O2. The Bertz CT molecular complexity index is 788. The normalized spacial score (nSPS) is 20.3. The fraction of sp³-hybridized carbons (Fsp3) is 0.389. The van der Waals surface area contributed by atoms with E-state index < -0.39 is 17.7 Å². The van der Waals surface area contributed by atoms with E-state index in [1.165, 1.54) is 18.3 Å². The average Bonchev–Trinajstić information content (AvgIpc) is 3.38. The molecule has 1 saturated carbocycles. The van der Waals surface area contributed by atoms with Crippen LogP contribution in [0.3, 0.4) is 0 Å². The highest BCUT2D eigenvalue weighted by Gasteiger charge is 2.50. The molecule has 3 rings (SSSR count). The largest absolute Gasteiger partial charge is 0.368 e. The van der Waals surface area contributed by atoms with E-state index in [2.05, 4.69) is 10.3 Å². The highest BCUT2D eigenvalue weighted by molar-refractivity contribution is 6.14. The molecule has 7 nitrogen and oxygen atoms in total. The van der Waals surface area contributed by atoms with Gasteiger partial charge < -0.3 is 20.9 Å². The minimum atomic E-state index is -0.918. The first-order chi connectivity index (χ1) is 12.4. The number of nitrogens with zero attached hydrogens (tertiary/aromatic N) is 3. The Labute approximate surface area is 151 Å². The van der Waals surface area contributed by atoms with Gasteiger partial charge in [-0.3, -0.25) is 9.59 Å². The van der Waals surface area contributed by atoms with Gasteiger partial charge in [-0.1, -0.05) is 6.07 Å². The first-order valence-corrected chi connectivity index (χ1v) is 8.48. The van der Waals surface area contributed by atoms with E-state index in [1.807, 2.05) is 17.9 Å². The van der Waals surface area contributed by atoms with E-state index in [9.17, 15) is 14.0 Å². The lowest BCUT2D eigenvalue weighted by Gasteiger charge is -2.37. The number of amides is 2. The van der Waals surface area contributed by atoms with Crippen LogP contribution in [0.2, 0.25) is 0 Å². The number of hydrogen-bond donors (Lipinski definition) is 2. The molecule has 1 aromatic rings. The van der Waals surface area contributed by atoms with Gasteiger partial charge in [-0.2, -0.15) is 0 Å². The zero-order valence-electron chi connectivity index (χ0n) is 14.8. The van der Waals surface area contributed by atoms with Gasteiger partial charge in [-0.25, -0.2) is 9.38 Å². The Kier molecular flexibility index (Phi) is 4.67. The standard InChI is InChI=1S/C18H22FN5O2/c1-3-24(14-6-4-5-13(19)9-14)17-21-10-12(11-23(17)2)15(25)22-18(7-8-18)16(20)26/h4-6,9-11,17H,3,7-8H2,1-2H3,(H2,20,26)(H,22,25). The Hall–Kier alpha value is -2.90. The van der Waals surface area contributed by atoms with Crippen LogP contribution >= 0.6 is 0 Å². The van der Waals surface area contributed by atoms with Crippen molar-refractivity contribution in [3.8, 4) is 0 Å². The molecule has 3 N–H and O–H groups in total. The molecule has 1 fully saturated rings. The van der Waals surface area contributed by atoms with E-state index in [4.69, 9.17) is 5.73 Å². The second kappa shape index (κ2) is 6.78. The monoisotopic (exact) mass is 359 g/mol. The van der Waals surface area contributed by atoms with Crippen LogP contribution in [-0.4, -0.2) is 48.3 Å². The Morgan fingerprint density at radius 1 is 1.46 bits per heavy atom. The van der Waals surface area contributed by atoms with E-state index in [0.29, 0.717) is 30.6 Å². The van der Waals surface area contributed by atoms with Crippen molar-refractivity contribution in [3.63, 3.8) is 0 Å². The smallest absolute Gasteiger partial charge is 0.255 e. The van der Waals surface area contributed by atoms with Crippen LogP contribution in [0.15, 0.2) is 41.0 Å². The summed E-state index contributed by atoms with van der Waals surface area (Å²) >= 11 is 0. The molecule has 1 aliphatic carbocycles. The maximum Gasteiger partial charge on any atom is 0.255 e. The lowest BCUT2D eigenvalue weighted by Crippen LogP contribution is -2.49. The lowest BCUT2D eigenvalue weighted by atomic mass is 10.2. The Morgan fingerprint density at radius 3 is 2.73 bits per heavy atom. The van der Waals surface area contributed by atoms with Crippen molar-refractivity contribution < 1.29 is 14.0 Å². The Morgan fingerprint density at radius 2 is 2.19 bits per heavy atom. The molecule has 138 valence electrons. The van der Waals surface area contributed by atoms with Crippen LogP contribution < -0.4 is 16.0 Å². The van der Waals surface area contributed by atoms with Crippen LogP contribution in [0.5, 0.6) is 0 Å². The fourth-order valence-corrected chi connectivity index (χ4v) is 2.97. The van der Waals surface area contributed by atoms with E-state index in [-0.39, 0.29) is 11.7 Å². The summed E-state index contributed by atoms with van der Waals surface area (Å²) in [5.74, 6) is -1.22. The van der Waals surface area contributed by atoms with Crippen LogP contribution in [0.25, 0.3) is 0 Å². The van der Waals surface area contributed by atoms with Crippen molar-refractivity contribution >= 4 is 23.7 Å². The minimum Gasteiger partial charge on any atom is -0.368 e. The van der Waals surface area contributed by atoms with E-state index in [0.717, 1.165) is 0 Å². The average molecular weight is 359 g/mol. The van der Waals surface area contributed by atoms with Gasteiger partial charge in [0.1, 0.15) is 11.4 Å². The molecule has 1 unspecified atom stereocenters. The molecule has 0 bridgehead atoms. The molecule has 0 saturated heterocycles. The molecule has 0 radical (unpaired) electrons. The van der Waals surface area contributed by atoms with Crippen molar-refractivity contribution in [3.05, 3.63) is 41.9 Å². The molecule has 1 atom stereocenters. The quantitative estimate of drug-likeness (QED) is 0.792. The summed E-state index contributed by atoms with van der Waals surface area (Å²) in [7, 11) is 1.79. The molecule has 2 amide bonds. The first kappa shape index (κ1) is 17.9. The van der Waals surface area contributed by atoms with Crippen LogP contribution in [0.1, 0.15) is 19.8 Å². The molecule has 1 heterocycles. The van der Waals surface area contributed by atoms with Crippen molar-refractivity contribution in [2.45, 2.75) is 31.6 Å². The second-order valence-electron chi connectivity index (χ2n) is 6.54. The summed E-state index contributed by atoms with van der Waals surface area (Å²) in [6.07, 6.45) is 3.84. The fourth-order valence-electron chi connectivity index (χ4n) is 2.97. The van der Waals surface area contributed by atoms with Crippen molar-refractivity contribution in [2.75, 3.05) is 18.5 Å². The lowest BCUT2D eigenvalue weighted by molar-refractivity contribution is -0.126. The maximum absolute atomic E-state index is 13.5. The zero-order chi connectivity index (χ0) is 18.9. The van der Waals surface area contributed by atoms with E-state index in [1.54, 1.807) is 24.2 Å². The van der Waals surface area contributed by atoms with Gasteiger partial charge in [0.25, 0.3) is 5.91 Å². The summed E-state index contributed by atoms with van der Waals surface area (Å²) in [5, 5.41) is 2.69. The molecule has 2 aliphatic rings. The first-order valence-electron chi connectivity index (χ1n) is 8.48. The number of anilines is 1. The van der Waals surface area contributed by atoms with Crippen molar-refractivity contribution in [1.82, 2.24) is 10.2 Å². The van der Waals surface area contributed by atoms with Crippen LogP contribution in [0.4, 0.5) is 10.1 Å². The number of carbonyl (C=O) groups excluding carboxylic acids is 2. The summed E-state index contributed by atoms with van der Waals surface area (Å²) in [6.45, 7) is 2.56. The van der Waals surface area contributed by atoms with Gasteiger partial charge in [-0.15, -0.1) is 0 Å². The molecular weight excluding hydrogens is 337 g/mol. The third kappa shape index (κ3) is 3.40. The number of aliphatic imine (C=N–C) groups is 1. The summed E-state index contributed by atoms with van der Waals surface area (Å²) in [5.41, 5.74) is 5.46. The third-order valence-corrected chi connectivity index (χ3v) is 4.65. The van der Waals surface area contributed by atoms with Gasteiger partial charge in [0.15, 0.2) is 6.29 Å². The van der Waals surface area contributed by atoms with Crippen LogP contribution in [-0.2, 0) is 9.59 Å². The number of rotatable bonds is 6. The van der Waals surface area contributed by atoms with Gasteiger partial charge >= 0.3 is 0 Å². The minimum absolute atomic E-state index is 0.319. The highest BCUT2D eigenvalue weighted by atomic mass is 19.1. The van der Waals surface area contributed by atoms with Gasteiger partial charge in [0, 0.05) is 31.7 Å². The SMILES string of the molecule is CCN(c1cccc(F)c1)C1N=CC(C(=O)NC2(C(N)=O)CC2)=CN1C. The molecule has 1 aliphatic heterocycles. The molecule has 0 aromatic heterocycles. The number of halogens is 1. The highest BCUT2D eigenvalue weighted by Crippen LogP contribution is 2.35. The maximum atomic E-state index is 13.5. The molecule has 26 heavy (non-hydrogen) atoms. The predicted octanol–water partition coefficient (Wildman–Crippen LogP) is 0.970. The molecule has 0 spiro atoms.